The maximum atomic E-state index is 5.61. The van der Waals surface area contributed by atoms with Crippen LogP contribution >= 0.6 is 0 Å². The lowest BCUT2D eigenvalue weighted by molar-refractivity contribution is -0.0124. The molecule has 106 valence electrons. The maximum Gasteiger partial charge on any atom is 0.0933 e. The second kappa shape index (κ2) is 7.63. The Hall–Kier alpha value is -0.900. The quantitative estimate of drug-likeness (QED) is 0.798. The summed E-state index contributed by atoms with van der Waals surface area (Å²) in [5.41, 5.74) is 4.43. The molecule has 3 heteroatoms. The SMILES string of the molecule is CC(C)CN1CCC(NOCc2ccccc2)CC1. The number of hydroxylamine groups is 1. The summed E-state index contributed by atoms with van der Waals surface area (Å²) in [5, 5.41) is 0. The third-order valence-electron chi connectivity index (χ3n) is 3.54. The van der Waals surface area contributed by atoms with E-state index in [9.17, 15) is 0 Å². The van der Waals surface area contributed by atoms with Crippen LogP contribution in [0.1, 0.15) is 32.3 Å². The zero-order chi connectivity index (χ0) is 13.5. The molecule has 1 aliphatic rings. The Kier molecular flexibility index (Phi) is 5.83. The first-order valence-corrected chi connectivity index (χ1v) is 7.37. The lowest BCUT2D eigenvalue weighted by Crippen LogP contribution is -2.43. The van der Waals surface area contributed by atoms with Crippen LogP contribution < -0.4 is 5.48 Å². The van der Waals surface area contributed by atoms with Crippen LogP contribution in [0.3, 0.4) is 0 Å². The molecule has 0 aromatic heterocycles. The van der Waals surface area contributed by atoms with Crippen LogP contribution in [0.4, 0.5) is 0 Å². The number of piperidine rings is 1. The molecule has 0 atom stereocenters. The summed E-state index contributed by atoms with van der Waals surface area (Å²) in [6.07, 6.45) is 2.36. The highest BCUT2D eigenvalue weighted by Gasteiger charge is 2.19. The van der Waals surface area contributed by atoms with Crippen LogP contribution in [0.25, 0.3) is 0 Å². The van der Waals surface area contributed by atoms with Crippen molar-refractivity contribution in [1.82, 2.24) is 10.4 Å². The minimum atomic E-state index is 0.507. The number of nitrogens with zero attached hydrogens (tertiary/aromatic N) is 1. The fourth-order valence-corrected chi connectivity index (χ4v) is 2.57. The molecule has 0 radical (unpaired) electrons. The highest BCUT2D eigenvalue weighted by atomic mass is 16.6. The summed E-state index contributed by atoms with van der Waals surface area (Å²) in [6.45, 7) is 8.81. The fraction of sp³-hybridized carbons (Fsp3) is 0.625. The number of nitrogens with one attached hydrogen (secondary N) is 1. The topological polar surface area (TPSA) is 24.5 Å². The first kappa shape index (κ1) is 14.5. The maximum absolute atomic E-state index is 5.61. The zero-order valence-corrected chi connectivity index (χ0v) is 12.1. The van der Waals surface area contributed by atoms with Crippen LogP contribution in [0.15, 0.2) is 30.3 Å². The Labute approximate surface area is 116 Å². The van der Waals surface area contributed by atoms with Gasteiger partial charge in [0.25, 0.3) is 0 Å². The molecule has 0 aliphatic carbocycles. The lowest BCUT2D eigenvalue weighted by atomic mass is 10.0. The molecular formula is C16H26N2O. The molecule has 3 nitrogen and oxygen atoms in total. The van der Waals surface area contributed by atoms with Crippen molar-refractivity contribution in [2.45, 2.75) is 39.3 Å². The van der Waals surface area contributed by atoms with Crippen LogP contribution in [0, 0.1) is 5.92 Å². The average Bonchev–Trinajstić information content (AvgIpc) is 2.41. The van der Waals surface area contributed by atoms with Gasteiger partial charge >= 0.3 is 0 Å². The van der Waals surface area contributed by atoms with E-state index in [0.717, 1.165) is 5.92 Å². The second-order valence-electron chi connectivity index (χ2n) is 5.86. The monoisotopic (exact) mass is 262 g/mol. The average molecular weight is 262 g/mol. The molecule has 1 aliphatic heterocycles. The Bertz CT molecular complexity index is 345. The van der Waals surface area contributed by atoms with E-state index in [4.69, 9.17) is 4.84 Å². The van der Waals surface area contributed by atoms with Gasteiger partial charge in [-0.2, -0.15) is 5.48 Å². The molecule has 0 saturated carbocycles. The van der Waals surface area contributed by atoms with Gasteiger partial charge in [-0.05, 0) is 37.4 Å². The number of rotatable bonds is 6. The van der Waals surface area contributed by atoms with Crippen LogP contribution in [0.5, 0.6) is 0 Å². The Morgan fingerprint density at radius 1 is 1.21 bits per heavy atom. The predicted octanol–water partition coefficient (Wildman–Crippen LogP) is 2.83. The summed E-state index contributed by atoms with van der Waals surface area (Å²) in [6, 6.07) is 10.8. The molecule has 19 heavy (non-hydrogen) atoms. The van der Waals surface area contributed by atoms with Gasteiger partial charge in [0.1, 0.15) is 0 Å². The van der Waals surface area contributed by atoms with Gasteiger partial charge in [-0.3, -0.25) is 4.84 Å². The molecule has 1 heterocycles. The van der Waals surface area contributed by atoms with Crippen molar-refractivity contribution in [2.75, 3.05) is 19.6 Å². The van der Waals surface area contributed by atoms with E-state index in [1.807, 2.05) is 18.2 Å². The van der Waals surface area contributed by atoms with Crippen molar-refractivity contribution in [3.63, 3.8) is 0 Å². The van der Waals surface area contributed by atoms with Gasteiger partial charge in [-0.25, -0.2) is 0 Å². The van der Waals surface area contributed by atoms with Crippen molar-refractivity contribution < 1.29 is 4.84 Å². The minimum Gasteiger partial charge on any atom is -0.303 e. The van der Waals surface area contributed by atoms with E-state index in [1.54, 1.807) is 0 Å². The highest BCUT2D eigenvalue weighted by Crippen LogP contribution is 2.12. The molecule has 1 aromatic rings. The number of benzene rings is 1. The first-order valence-electron chi connectivity index (χ1n) is 7.37. The zero-order valence-electron chi connectivity index (χ0n) is 12.1. The van der Waals surface area contributed by atoms with Crippen molar-refractivity contribution in [1.29, 1.82) is 0 Å². The number of hydrogen-bond donors (Lipinski definition) is 1. The Morgan fingerprint density at radius 2 is 1.89 bits per heavy atom. The predicted molar refractivity (Wildman–Crippen MR) is 78.7 cm³/mol. The van der Waals surface area contributed by atoms with Gasteiger partial charge in [0.15, 0.2) is 0 Å². The Morgan fingerprint density at radius 3 is 2.53 bits per heavy atom. The minimum absolute atomic E-state index is 0.507. The van der Waals surface area contributed by atoms with Crippen LogP contribution in [-0.2, 0) is 11.4 Å². The molecular weight excluding hydrogens is 236 g/mol. The standard InChI is InChI=1S/C16H26N2O/c1-14(2)12-18-10-8-16(9-11-18)17-19-13-15-6-4-3-5-7-15/h3-7,14,16-17H,8-13H2,1-2H3. The molecule has 2 rings (SSSR count). The summed E-state index contributed by atoms with van der Waals surface area (Å²) >= 11 is 0. The summed E-state index contributed by atoms with van der Waals surface area (Å²) in [4.78, 5) is 8.16. The van der Waals surface area contributed by atoms with E-state index < -0.39 is 0 Å². The largest absolute Gasteiger partial charge is 0.303 e. The molecule has 1 aromatic carbocycles. The van der Waals surface area contributed by atoms with Gasteiger partial charge in [-0.1, -0.05) is 44.2 Å². The van der Waals surface area contributed by atoms with Crippen LogP contribution in [0.2, 0.25) is 0 Å². The van der Waals surface area contributed by atoms with Crippen molar-refractivity contribution in [3.8, 4) is 0 Å². The second-order valence-corrected chi connectivity index (χ2v) is 5.86. The molecule has 0 bridgehead atoms. The molecule has 1 fully saturated rings. The third-order valence-corrected chi connectivity index (χ3v) is 3.54. The highest BCUT2D eigenvalue weighted by molar-refractivity contribution is 5.13. The Balaban J connectivity index is 1.61. The molecule has 0 amide bonds. The summed E-state index contributed by atoms with van der Waals surface area (Å²) < 4.78 is 0. The summed E-state index contributed by atoms with van der Waals surface area (Å²) in [5.74, 6) is 0.763. The van der Waals surface area contributed by atoms with E-state index in [0.29, 0.717) is 12.6 Å². The first-order chi connectivity index (χ1) is 9.24. The summed E-state index contributed by atoms with van der Waals surface area (Å²) in [7, 11) is 0. The molecule has 0 spiro atoms. The van der Waals surface area contributed by atoms with E-state index in [2.05, 4.69) is 36.4 Å². The normalized spacial score (nSPS) is 18.1. The van der Waals surface area contributed by atoms with E-state index in [1.165, 1.54) is 38.0 Å². The van der Waals surface area contributed by atoms with Gasteiger partial charge < -0.3 is 4.90 Å². The number of likely N-dealkylation sites (tertiary alicyclic amines) is 1. The van der Waals surface area contributed by atoms with Crippen LogP contribution in [-0.4, -0.2) is 30.6 Å². The van der Waals surface area contributed by atoms with Gasteiger partial charge in [0, 0.05) is 12.6 Å². The van der Waals surface area contributed by atoms with Crippen molar-refractivity contribution in [2.24, 2.45) is 5.92 Å². The van der Waals surface area contributed by atoms with Crippen molar-refractivity contribution in [3.05, 3.63) is 35.9 Å². The van der Waals surface area contributed by atoms with E-state index >= 15 is 0 Å². The number of hydrogen-bond acceptors (Lipinski definition) is 3. The van der Waals surface area contributed by atoms with Gasteiger partial charge in [0.2, 0.25) is 0 Å². The smallest absolute Gasteiger partial charge is 0.0933 e. The molecule has 1 N–H and O–H groups in total. The van der Waals surface area contributed by atoms with Gasteiger partial charge in [-0.15, -0.1) is 0 Å². The van der Waals surface area contributed by atoms with Crippen molar-refractivity contribution >= 4 is 0 Å². The molecule has 0 unspecified atom stereocenters. The molecule has 1 saturated heterocycles. The third kappa shape index (κ3) is 5.31. The lowest BCUT2D eigenvalue weighted by Gasteiger charge is -2.33. The van der Waals surface area contributed by atoms with Gasteiger partial charge in [0.05, 0.1) is 6.61 Å². The van der Waals surface area contributed by atoms with E-state index in [-0.39, 0.29) is 0 Å². The fourth-order valence-electron chi connectivity index (χ4n) is 2.57.